The number of rotatable bonds is 8. The van der Waals surface area contributed by atoms with Crippen LogP contribution in [0.1, 0.15) is 32.8 Å². The number of carbonyl (C=O) groups is 1. The van der Waals surface area contributed by atoms with E-state index in [1.54, 1.807) is 19.0 Å². The van der Waals surface area contributed by atoms with E-state index in [0.717, 1.165) is 17.7 Å². The minimum Gasteiger partial charge on any atom is -0.494 e. The predicted octanol–water partition coefficient (Wildman–Crippen LogP) is 2.68. The van der Waals surface area contributed by atoms with Crippen molar-refractivity contribution in [2.75, 3.05) is 20.7 Å². The van der Waals surface area contributed by atoms with Crippen LogP contribution in [-0.2, 0) is 11.3 Å². The van der Waals surface area contributed by atoms with Crippen molar-refractivity contribution in [3.8, 4) is 5.75 Å². The van der Waals surface area contributed by atoms with E-state index in [4.69, 9.17) is 4.74 Å². The molecule has 118 valence electrons. The van der Waals surface area contributed by atoms with Gasteiger partial charge in [0, 0.05) is 20.6 Å². The minimum atomic E-state index is -0.133. The molecule has 1 aromatic carbocycles. The van der Waals surface area contributed by atoms with Crippen LogP contribution in [-0.4, -0.2) is 37.6 Å². The smallest absolute Gasteiger partial charge is 0.239 e. The molecule has 21 heavy (non-hydrogen) atoms. The zero-order chi connectivity index (χ0) is 15.8. The third kappa shape index (κ3) is 6.17. The maximum atomic E-state index is 12.2. The topological polar surface area (TPSA) is 41.6 Å². The van der Waals surface area contributed by atoms with E-state index in [-0.39, 0.29) is 11.9 Å². The molecule has 0 aliphatic rings. The van der Waals surface area contributed by atoms with Gasteiger partial charge >= 0.3 is 0 Å². The highest BCUT2D eigenvalue weighted by Crippen LogP contribution is 2.13. The maximum absolute atomic E-state index is 12.2. The molecule has 4 nitrogen and oxygen atoms in total. The van der Waals surface area contributed by atoms with Gasteiger partial charge in [-0.05, 0) is 37.0 Å². The number of nitrogens with zero attached hydrogens (tertiary/aromatic N) is 1. The van der Waals surface area contributed by atoms with Crippen LogP contribution in [0.5, 0.6) is 5.75 Å². The van der Waals surface area contributed by atoms with Crippen molar-refractivity contribution in [2.45, 2.75) is 39.8 Å². The molecule has 1 N–H and O–H groups in total. The summed E-state index contributed by atoms with van der Waals surface area (Å²) in [5.74, 6) is 1.49. The van der Waals surface area contributed by atoms with Gasteiger partial charge in [-0.3, -0.25) is 4.79 Å². The van der Waals surface area contributed by atoms with Gasteiger partial charge in [0.25, 0.3) is 0 Å². The summed E-state index contributed by atoms with van der Waals surface area (Å²) in [7, 11) is 3.60. The lowest BCUT2D eigenvalue weighted by Gasteiger charge is -2.23. The number of hydrogen-bond acceptors (Lipinski definition) is 3. The normalized spacial score (nSPS) is 12.3. The lowest BCUT2D eigenvalue weighted by Crippen LogP contribution is -2.44. The molecule has 0 radical (unpaired) electrons. The molecule has 0 aliphatic heterocycles. The van der Waals surface area contributed by atoms with Crippen molar-refractivity contribution in [3.05, 3.63) is 29.8 Å². The summed E-state index contributed by atoms with van der Waals surface area (Å²) in [5.41, 5.74) is 1.15. The lowest BCUT2D eigenvalue weighted by atomic mass is 10.0. The number of nitrogens with one attached hydrogen (secondary N) is 1. The maximum Gasteiger partial charge on any atom is 0.239 e. The largest absolute Gasteiger partial charge is 0.494 e. The van der Waals surface area contributed by atoms with Crippen LogP contribution in [0.3, 0.4) is 0 Å². The van der Waals surface area contributed by atoms with E-state index in [2.05, 4.69) is 19.2 Å². The van der Waals surface area contributed by atoms with Gasteiger partial charge in [0.2, 0.25) is 5.91 Å². The minimum absolute atomic E-state index is 0.133. The van der Waals surface area contributed by atoms with Crippen molar-refractivity contribution in [3.63, 3.8) is 0 Å². The van der Waals surface area contributed by atoms with E-state index in [9.17, 15) is 4.79 Å². The van der Waals surface area contributed by atoms with Crippen LogP contribution in [0.2, 0.25) is 0 Å². The molecular weight excluding hydrogens is 264 g/mol. The first-order chi connectivity index (χ1) is 9.93. The standard InChI is InChI=1S/C17H28N2O2/c1-6-21-15-9-7-14(8-10-15)12-18-16(11-13(2)3)17(20)19(4)5/h7-10,13,16,18H,6,11-12H2,1-5H3. The quantitative estimate of drug-likeness (QED) is 0.801. The molecule has 1 unspecified atom stereocenters. The Morgan fingerprint density at radius 3 is 2.33 bits per heavy atom. The van der Waals surface area contributed by atoms with E-state index in [1.165, 1.54) is 0 Å². The first-order valence-electron chi connectivity index (χ1n) is 7.60. The van der Waals surface area contributed by atoms with E-state index >= 15 is 0 Å². The fraction of sp³-hybridized carbons (Fsp3) is 0.588. The molecule has 0 bridgehead atoms. The molecule has 4 heteroatoms. The third-order valence-electron chi connectivity index (χ3n) is 3.23. The average Bonchev–Trinajstić information content (AvgIpc) is 2.44. The Morgan fingerprint density at radius 1 is 1.24 bits per heavy atom. The average molecular weight is 292 g/mol. The van der Waals surface area contributed by atoms with Gasteiger partial charge in [0.05, 0.1) is 12.6 Å². The Balaban J connectivity index is 2.61. The van der Waals surface area contributed by atoms with Crippen LogP contribution in [0.25, 0.3) is 0 Å². The number of hydrogen-bond donors (Lipinski definition) is 1. The molecule has 0 spiro atoms. The van der Waals surface area contributed by atoms with Gasteiger partial charge in [-0.25, -0.2) is 0 Å². The summed E-state index contributed by atoms with van der Waals surface area (Å²) in [4.78, 5) is 13.8. The molecule has 0 aliphatic carbocycles. The van der Waals surface area contributed by atoms with E-state index in [0.29, 0.717) is 19.1 Å². The van der Waals surface area contributed by atoms with Crippen LogP contribution in [0.15, 0.2) is 24.3 Å². The van der Waals surface area contributed by atoms with Gasteiger partial charge in [-0.2, -0.15) is 0 Å². The second-order valence-corrected chi connectivity index (χ2v) is 5.87. The molecule has 0 fully saturated rings. The Kier molecular flexibility index (Phi) is 7.23. The van der Waals surface area contributed by atoms with Gasteiger partial charge < -0.3 is 15.0 Å². The van der Waals surface area contributed by atoms with Crippen LogP contribution >= 0.6 is 0 Å². The third-order valence-corrected chi connectivity index (χ3v) is 3.23. The first kappa shape index (κ1) is 17.5. The number of carbonyl (C=O) groups excluding carboxylic acids is 1. The van der Waals surface area contributed by atoms with Crippen molar-refractivity contribution >= 4 is 5.91 Å². The summed E-state index contributed by atoms with van der Waals surface area (Å²) < 4.78 is 5.43. The van der Waals surface area contributed by atoms with Gasteiger partial charge in [-0.1, -0.05) is 26.0 Å². The molecule has 0 saturated carbocycles. The Morgan fingerprint density at radius 2 is 1.86 bits per heavy atom. The Bertz CT molecular complexity index is 427. The Hall–Kier alpha value is -1.55. The number of ether oxygens (including phenoxy) is 1. The summed E-state index contributed by atoms with van der Waals surface area (Å²) in [6, 6.07) is 7.86. The SMILES string of the molecule is CCOc1ccc(CNC(CC(C)C)C(=O)N(C)C)cc1. The van der Waals surface area contributed by atoms with Crippen LogP contribution < -0.4 is 10.1 Å². The molecule has 1 aromatic rings. The highest BCUT2D eigenvalue weighted by atomic mass is 16.5. The lowest BCUT2D eigenvalue weighted by molar-refractivity contribution is -0.131. The highest BCUT2D eigenvalue weighted by Gasteiger charge is 2.20. The van der Waals surface area contributed by atoms with Gasteiger partial charge in [0.1, 0.15) is 5.75 Å². The molecule has 0 heterocycles. The summed E-state index contributed by atoms with van der Waals surface area (Å²) in [5, 5.41) is 3.37. The predicted molar refractivity (Wildman–Crippen MR) is 86.4 cm³/mol. The van der Waals surface area contributed by atoms with Crippen molar-refractivity contribution in [2.24, 2.45) is 5.92 Å². The molecule has 0 saturated heterocycles. The number of benzene rings is 1. The van der Waals surface area contributed by atoms with E-state index < -0.39 is 0 Å². The molecule has 0 aromatic heterocycles. The zero-order valence-corrected chi connectivity index (χ0v) is 13.8. The second kappa shape index (κ2) is 8.67. The van der Waals surface area contributed by atoms with Crippen LogP contribution in [0, 0.1) is 5.92 Å². The first-order valence-corrected chi connectivity index (χ1v) is 7.60. The fourth-order valence-electron chi connectivity index (χ4n) is 2.17. The van der Waals surface area contributed by atoms with Crippen molar-refractivity contribution in [1.29, 1.82) is 0 Å². The Labute approximate surface area is 128 Å². The van der Waals surface area contributed by atoms with Gasteiger partial charge in [-0.15, -0.1) is 0 Å². The molecule has 1 rings (SSSR count). The summed E-state index contributed by atoms with van der Waals surface area (Å²) in [6.45, 7) is 7.59. The molecular formula is C17H28N2O2. The number of amides is 1. The highest BCUT2D eigenvalue weighted by molar-refractivity contribution is 5.81. The summed E-state index contributed by atoms with van der Waals surface area (Å²) in [6.07, 6.45) is 0.841. The monoisotopic (exact) mass is 292 g/mol. The van der Waals surface area contributed by atoms with E-state index in [1.807, 2.05) is 31.2 Å². The zero-order valence-electron chi connectivity index (χ0n) is 13.8. The van der Waals surface area contributed by atoms with Crippen molar-refractivity contribution < 1.29 is 9.53 Å². The van der Waals surface area contributed by atoms with Crippen molar-refractivity contribution in [1.82, 2.24) is 10.2 Å². The fourth-order valence-corrected chi connectivity index (χ4v) is 2.17. The number of likely N-dealkylation sites (N-methyl/N-ethyl adjacent to an activating group) is 1. The second-order valence-electron chi connectivity index (χ2n) is 5.87. The van der Waals surface area contributed by atoms with Crippen LogP contribution in [0.4, 0.5) is 0 Å². The van der Waals surface area contributed by atoms with Gasteiger partial charge in [0.15, 0.2) is 0 Å². The summed E-state index contributed by atoms with van der Waals surface area (Å²) >= 11 is 0. The molecule has 1 amide bonds. The molecule has 1 atom stereocenters.